The van der Waals surface area contributed by atoms with E-state index in [1.54, 1.807) is 6.20 Å². The summed E-state index contributed by atoms with van der Waals surface area (Å²) >= 11 is 3.32. The molecule has 8 heteroatoms. The van der Waals surface area contributed by atoms with Gasteiger partial charge in [-0.3, -0.25) is 9.59 Å². The fourth-order valence-corrected chi connectivity index (χ4v) is 6.83. The van der Waals surface area contributed by atoms with Gasteiger partial charge in [0.05, 0.1) is 30.3 Å². The molecule has 31 heavy (non-hydrogen) atoms. The van der Waals surface area contributed by atoms with E-state index in [-0.39, 0.29) is 41.5 Å². The molecular formula is C23H31BrClN3O3. The molecule has 4 fully saturated rings. The van der Waals surface area contributed by atoms with Crippen LogP contribution in [-0.4, -0.2) is 36.6 Å². The van der Waals surface area contributed by atoms with Gasteiger partial charge >= 0.3 is 5.97 Å². The number of nitrogens with one attached hydrogen (secondary N) is 2. The van der Waals surface area contributed by atoms with Gasteiger partial charge in [-0.05, 0) is 109 Å². The van der Waals surface area contributed by atoms with Crippen molar-refractivity contribution in [3.05, 3.63) is 22.9 Å². The SMILES string of the molecule is Cl.O=C(OCCC1CCCNC1)[C@H]1[C@H](C(=O)Nc2ccc(Br)nc2)[C@@H]2CC[C@H]1C21CC1. The summed E-state index contributed by atoms with van der Waals surface area (Å²) in [7, 11) is 0. The lowest BCUT2D eigenvalue weighted by Gasteiger charge is -2.29. The summed E-state index contributed by atoms with van der Waals surface area (Å²) in [4.78, 5) is 30.6. The van der Waals surface area contributed by atoms with E-state index in [0.717, 1.165) is 49.8 Å². The first-order valence-corrected chi connectivity index (χ1v) is 12.2. The van der Waals surface area contributed by atoms with Gasteiger partial charge < -0.3 is 15.4 Å². The summed E-state index contributed by atoms with van der Waals surface area (Å²) in [5, 5.41) is 6.43. The van der Waals surface area contributed by atoms with Crippen molar-refractivity contribution in [2.24, 2.45) is 35.0 Å². The van der Waals surface area contributed by atoms with Gasteiger partial charge in [0.2, 0.25) is 5.91 Å². The second-order valence-electron chi connectivity index (χ2n) is 9.60. The first kappa shape index (κ1) is 23.0. The van der Waals surface area contributed by atoms with Crippen LogP contribution < -0.4 is 10.6 Å². The number of hydrogen-bond acceptors (Lipinski definition) is 5. The highest BCUT2D eigenvalue weighted by Gasteiger charge is 2.71. The van der Waals surface area contributed by atoms with Gasteiger partial charge in [-0.1, -0.05) is 0 Å². The van der Waals surface area contributed by atoms with Crippen molar-refractivity contribution in [2.45, 2.75) is 44.9 Å². The lowest BCUT2D eigenvalue weighted by molar-refractivity contribution is -0.155. The molecular weight excluding hydrogens is 482 g/mol. The van der Waals surface area contributed by atoms with E-state index in [4.69, 9.17) is 4.74 Å². The molecule has 170 valence electrons. The van der Waals surface area contributed by atoms with Crippen molar-refractivity contribution in [2.75, 3.05) is 25.0 Å². The van der Waals surface area contributed by atoms with E-state index in [0.29, 0.717) is 30.0 Å². The number of aromatic nitrogens is 1. The highest BCUT2D eigenvalue weighted by molar-refractivity contribution is 9.10. The Morgan fingerprint density at radius 3 is 2.61 bits per heavy atom. The summed E-state index contributed by atoms with van der Waals surface area (Å²) in [6.45, 7) is 2.58. The predicted octanol–water partition coefficient (Wildman–Crippen LogP) is 4.19. The Labute approximate surface area is 198 Å². The van der Waals surface area contributed by atoms with E-state index in [1.807, 2.05) is 12.1 Å². The summed E-state index contributed by atoms with van der Waals surface area (Å²) in [5.74, 6) is 0.446. The molecule has 3 saturated carbocycles. The number of ether oxygens (including phenoxy) is 1. The van der Waals surface area contributed by atoms with Gasteiger partial charge in [0.15, 0.2) is 0 Å². The number of esters is 1. The molecule has 5 atom stereocenters. The zero-order valence-corrected chi connectivity index (χ0v) is 20.1. The van der Waals surface area contributed by atoms with Crippen molar-refractivity contribution < 1.29 is 14.3 Å². The van der Waals surface area contributed by atoms with E-state index >= 15 is 0 Å². The van der Waals surface area contributed by atoms with E-state index < -0.39 is 0 Å². The zero-order valence-electron chi connectivity index (χ0n) is 17.6. The topological polar surface area (TPSA) is 80.3 Å². The average Bonchev–Trinajstić information content (AvgIpc) is 3.42. The van der Waals surface area contributed by atoms with Crippen LogP contribution in [0.2, 0.25) is 0 Å². The molecule has 1 aliphatic heterocycles. The average molecular weight is 513 g/mol. The lowest BCUT2D eigenvalue weighted by Crippen LogP contribution is -2.39. The predicted molar refractivity (Wildman–Crippen MR) is 124 cm³/mol. The molecule has 5 rings (SSSR count). The number of rotatable bonds is 6. The third-order valence-electron chi connectivity index (χ3n) is 8.09. The summed E-state index contributed by atoms with van der Waals surface area (Å²) in [6, 6.07) is 3.64. The number of nitrogens with zero attached hydrogens (tertiary/aromatic N) is 1. The lowest BCUT2D eigenvalue weighted by atomic mass is 9.78. The Kier molecular flexibility index (Phi) is 6.94. The Morgan fingerprint density at radius 1 is 1.19 bits per heavy atom. The van der Waals surface area contributed by atoms with E-state index in [1.165, 1.54) is 12.8 Å². The van der Waals surface area contributed by atoms with E-state index in [2.05, 4.69) is 31.5 Å². The van der Waals surface area contributed by atoms with Crippen LogP contribution >= 0.6 is 28.3 Å². The summed E-state index contributed by atoms with van der Waals surface area (Å²) < 4.78 is 6.51. The highest BCUT2D eigenvalue weighted by atomic mass is 79.9. The standard InChI is InChI=1S/C23H30BrN3O3.ClH/c24-18-6-3-15(13-26-18)27-21(28)19-16-4-5-17(23(16)8-9-23)20(19)22(29)30-11-7-14-2-1-10-25-12-14;/h3,6,13-14,16-17,19-20,25H,1-2,4-5,7-12H2,(H,27,28);1H/t14?,16-,17+,19+,20+;/m0./s1. The van der Waals surface area contributed by atoms with Gasteiger partial charge in [0.25, 0.3) is 0 Å². The Hall–Kier alpha value is -1.18. The van der Waals surface area contributed by atoms with Crippen molar-refractivity contribution in [1.82, 2.24) is 10.3 Å². The van der Waals surface area contributed by atoms with Crippen LogP contribution in [0.1, 0.15) is 44.9 Å². The van der Waals surface area contributed by atoms with Crippen LogP contribution in [-0.2, 0) is 14.3 Å². The van der Waals surface area contributed by atoms with Crippen LogP contribution in [0.5, 0.6) is 0 Å². The Balaban J connectivity index is 0.00000231. The quantitative estimate of drug-likeness (QED) is 0.441. The minimum absolute atomic E-state index is 0. The summed E-state index contributed by atoms with van der Waals surface area (Å²) in [6.07, 6.45) is 9.38. The number of carbonyl (C=O) groups excluding carboxylic acids is 2. The molecule has 1 saturated heterocycles. The fraction of sp³-hybridized carbons (Fsp3) is 0.696. The van der Waals surface area contributed by atoms with Gasteiger partial charge in [0, 0.05) is 0 Å². The van der Waals surface area contributed by atoms with Gasteiger partial charge in [-0.15, -0.1) is 12.4 Å². The van der Waals surface area contributed by atoms with Crippen molar-refractivity contribution in [3.63, 3.8) is 0 Å². The monoisotopic (exact) mass is 511 g/mol. The Morgan fingerprint density at radius 2 is 1.97 bits per heavy atom. The first-order valence-electron chi connectivity index (χ1n) is 11.4. The summed E-state index contributed by atoms with van der Waals surface area (Å²) in [5.41, 5.74) is 0.893. The molecule has 3 aliphatic carbocycles. The number of amides is 1. The number of pyridine rings is 1. The maximum atomic E-state index is 13.3. The number of anilines is 1. The van der Waals surface area contributed by atoms with Gasteiger partial charge in [-0.25, -0.2) is 4.98 Å². The third-order valence-corrected chi connectivity index (χ3v) is 8.56. The molecule has 2 bridgehead atoms. The third kappa shape index (κ3) is 4.38. The molecule has 1 aromatic rings. The number of carbonyl (C=O) groups is 2. The molecule has 0 radical (unpaired) electrons. The number of piperidine rings is 1. The molecule has 1 aromatic heterocycles. The maximum Gasteiger partial charge on any atom is 0.310 e. The molecule has 6 nitrogen and oxygen atoms in total. The zero-order chi connectivity index (χ0) is 20.7. The molecule has 1 amide bonds. The minimum atomic E-state index is -0.292. The molecule has 1 unspecified atom stereocenters. The molecule has 2 heterocycles. The molecule has 2 N–H and O–H groups in total. The molecule has 0 aromatic carbocycles. The second-order valence-corrected chi connectivity index (χ2v) is 10.4. The number of hydrogen-bond donors (Lipinski definition) is 2. The largest absolute Gasteiger partial charge is 0.465 e. The van der Waals surface area contributed by atoms with Crippen LogP contribution in [0, 0.1) is 35.0 Å². The van der Waals surface area contributed by atoms with Gasteiger partial charge in [-0.2, -0.15) is 0 Å². The van der Waals surface area contributed by atoms with Crippen LogP contribution in [0.15, 0.2) is 22.9 Å². The smallest absolute Gasteiger partial charge is 0.310 e. The normalized spacial score (nSPS) is 32.4. The molecule has 4 aliphatic rings. The van der Waals surface area contributed by atoms with Crippen molar-refractivity contribution >= 4 is 45.9 Å². The van der Waals surface area contributed by atoms with Crippen LogP contribution in [0.25, 0.3) is 0 Å². The second kappa shape index (κ2) is 9.36. The minimum Gasteiger partial charge on any atom is -0.465 e. The van der Waals surface area contributed by atoms with Crippen LogP contribution in [0.4, 0.5) is 5.69 Å². The maximum absolute atomic E-state index is 13.3. The van der Waals surface area contributed by atoms with Gasteiger partial charge in [0.1, 0.15) is 4.60 Å². The van der Waals surface area contributed by atoms with Crippen LogP contribution in [0.3, 0.4) is 0 Å². The van der Waals surface area contributed by atoms with Crippen molar-refractivity contribution in [1.29, 1.82) is 0 Å². The first-order chi connectivity index (χ1) is 14.6. The van der Waals surface area contributed by atoms with E-state index in [9.17, 15) is 9.59 Å². The molecule has 1 spiro atoms. The highest BCUT2D eigenvalue weighted by Crippen LogP contribution is 2.74. The Bertz CT molecular complexity index is 811. The van der Waals surface area contributed by atoms with Crippen molar-refractivity contribution in [3.8, 4) is 0 Å². The number of halogens is 2. The fourth-order valence-electron chi connectivity index (χ4n) is 6.59.